The van der Waals surface area contributed by atoms with Crippen molar-refractivity contribution in [1.29, 1.82) is 0 Å². The zero-order valence-electron chi connectivity index (χ0n) is 22.8. The number of likely N-dealkylation sites (tertiary alicyclic amines) is 1. The van der Waals surface area contributed by atoms with E-state index in [-0.39, 0.29) is 0 Å². The second-order valence-electron chi connectivity index (χ2n) is 11.0. The second kappa shape index (κ2) is 11.4. The fourth-order valence-corrected chi connectivity index (χ4v) is 7.87. The second-order valence-corrected chi connectivity index (χ2v) is 12.2. The molecule has 7 heteroatoms. The standard InChI is InChI=1S/C29H43N3O3S/c1-19-14-20(2)30-29(34-5)25(19)18-31-11-10-26-28(31)21(3)27(36-26)15-22-6-8-23(9-7-22)32-16-24(17-32)35-13-12-33-4/h14,22-24H,6-13,15-18H2,1-5H3. The van der Waals surface area contributed by atoms with Crippen LogP contribution in [0.25, 0.3) is 0 Å². The first-order valence-corrected chi connectivity index (χ1v) is 14.5. The number of pyridine rings is 1. The van der Waals surface area contributed by atoms with E-state index in [1.165, 1.54) is 54.5 Å². The van der Waals surface area contributed by atoms with Gasteiger partial charge in [0.2, 0.25) is 5.88 Å². The van der Waals surface area contributed by atoms with Gasteiger partial charge in [-0.25, -0.2) is 4.98 Å². The fraction of sp³-hybridized carbons (Fsp3) is 0.690. The number of methoxy groups -OCH3 is 2. The largest absolute Gasteiger partial charge is 0.481 e. The van der Waals surface area contributed by atoms with Crippen LogP contribution in [0.2, 0.25) is 0 Å². The van der Waals surface area contributed by atoms with Crippen molar-refractivity contribution in [2.45, 2.75) is 78.0 Å². The molecule has 2 aromatic rings. The zero-order valence-corrected chi connectivity index (χ0v) is 23.6. The monoisotopic (exact) mass is 513 g/mol. The summed E-state index contributed by atoms with van der Waals surface area (Å²) in [5.41, 5.74) is 6.52. The van der Waals surface area contributed by atoms with Crippen molar-refractivity contribution in [3.05, 3.63) is 38.2 Å². The molecule has 0 atom stereocenters. The van der Waals surface area contributed by atoms with Crippen molar-refractivity contribution in [3.63, 3.8) is 0 Å². The quantitative estimate of drug-likeness (QED) is 0.413. The summed E-state index contributed by atoms with van der Waals surface area (Å²) in [6.45, 7) is 12.2. The molecule has 36 heavy (non-hydrogen) atoms. The number of fused-ring (bicyclic) bond motifs is 1. The number of nitrogens with zero attached hydrogens (tertiary/aromatic N) is 3. The molecule has 5 rings (SSSR count). The minimum Gasteiger partial charge on any atom is -0.481 e. The molecule has 1 aliphatic carbocycles. The third-order valence-electron chi connectivity index (χ3n) is 8.51. The Hall–Kier alpha value is -1.67. The Balaban J connectivity index is 1.16. The van der Waals surface area contributed by atoms with Gasteiger partial charge in [-0.1, -0.05) is 0 Å². The van der Waals surface area contributed by atoms with Crippen LogP contribution in [-0.4, -0.2) is 69.1 Å². The van der Waals surface area contributed by atoms with Crippen LogP contribution < -0.4 is 9.64 Å². The van der Waals surface area contributed by atoms with Crippen molar-refractivity contribution in [3.8, 4) is 5.88 Å². The normalized spacial score (nSPS) is 22.6. The van der Waals surface area contributed by atoms with E-state index >= 15 is 0 Å². The maximum Gasteiger partial charge on any atom is 0.218 e. The topological polar surface area (TPSA) is 47.1 Å². The van der Waals surface area contributed by atoms with Gasteiger partial charge in [-0.05, 0) is 76.0 Å². The molecule has 0 radical (unpaired) electrons. The van der Waals surface area contributed by atoms with Gasteiger partial charge in [0.25, 0.3) is 0 Å². The molecular formula is C29H43N3O3S. The molecular weight excluding hydrogens is 470 g/mol. The van der Waals surface area contributed by atoms with Crippen molar-refractivity contribution in [1.82, 2.24) is 9.88 Å². The molecule has 2 aliphatic heterocycles. The minimum atomic E-state index is 0.413. The number of thiophene rings is 1. The Kier molecular flexibility index (Phi) is 8.21. The average Bonchev–Trinajstić information content (AvgIpc) is 3.37. The summed E-state index contributed by atoms with van der Waals surface area (Å²) < 4.78 is 16.6. The Bertz CT molecular complexity index is 1040. The molecule has 0 bridgehead atoms. The van der Waals surface area contributed by atoms with Crippen LogP contribution >= 0.6 is 11.3 Å². The van der Waals surface area contributed by atoms with Gasteiger partial charge < -0.3 is 19.1 Å². The van der Waals surface area contributed by atoms with Gasteiger partial charge >= 0.3 is 0 Å². The number of hydrogen-bond donors (Lipinski definition) is 0. The van der Waals surface area contributed by atoms with Gasteiger partial charge in [0, 0.05) is 66.8 Å². The highest BCUT2D eigenvalue weighted by Crippen LogP contribution is 2.44. The lowest BCUT2D eigenvalue weighted by Crippen LogP contribution is -2.57. The maximum atomic E-state index is 5.87. The molecule has 0 amide bonds. The van der Waals surface area contributed by atoms with E-state index in [1.807, 2.05) is 6.92 Å². The first-order chi connectivity index (χ1) is 17.5. The van der Waals surface area contributed by atoms with Crippen LogP contribution in [0.3, 0.4) is 0 Å². The van der Waals surface area contributed by atoms with E-state index in [2.05, 4.69) is 46.0 Å². The molecule has 1 saturated carbocycles. The van der Waals surface area contributed by atoms with E-state index in [0.717, 1.165) is 62.7 Å². The molecule has 1 saturated heterocycles. The van der Waals surface area contributed by atoms with Gasteiger partial charge in [-0.3, -0.25) is 4.90 Å². The highest BCUT2D eigenvalue weighted by molar-refractivity contribution is 7.12. The molecule has 198 valence electrons. The molecule has 0 aromatic carbocycles. The Labute approximate surface area is 220 Å². The predicted molar refractivity (Wildman–Crippen MR) is 147 cm³/mol. The summed E-state index contributed by atoms with van der Waals surface area (Å²) in [5.74, 6) is 1.60. The van der Waals surface area contributed by atoms with Crippen LogP contribution in [0.5, 0.6) is 5.88 Å². The molecule has 0 unspecified atom stereocenters. The van der Waals surface area contributed by atoms with Crippen molar-refractivity contribution in [2.75, 3.05) is 52.0 Å². The SMILES string of the molecule is COCCOC1CN(C2CCC(Cc3sc4c(c3C)N(Cc3c(C)cc(C)nc3OC)CC4)CC2)C1. The summed E-state index contributed by atoms with van der Waals surface area (Å²) in [5, 5.41) is 0. The molecule has 6 nitrogen and oxygen atoms in total. The summed E-state index contributed by atoms with van der Waals surface area (Å²) in [6, 6.07) is 2.93. The van der Waals surface area contributed by atoms with Gasteiger partial charge in [0.15, 0.2) is 0 Å². The number of rotatable bonds is 10. The molecule has 3 aliphatic rings. The fourth-order valence-electron chi connectivity index (χ4n) is 6.43. The molecule has 0 spiro atoms. The smallest absolute Gasteiger partial charge is 0.218 e. The van der Waals surface area contributed by atoms with Crippen LogP contribution in [0, 0.1) is 26.7 Å². The lowest BCUT2D eigenvalue weighted by molar-refractivity contribution is -0.0879. The van der Waals surface area contributed by atoms with E-state index < -0.39 is 0 Å². The lowest BCUT2D eigenvalue weighted by atomic mass is 9.82. The number of aromatic nitrogens is 1. The summed E-state index contributed by atoms with van der Waals surface area (Å²) >= 11 is 2.08. The lowest BCUT2D eigenvalue weighted by Gasteiger charge is -2.46. The van der Waals surface area contributed by atoms with Crippen molar-refractivity contribution in [2.24, 2.45) is 5.92 Å². The van der Waals surface area contributed by atoms with E-state index in [9.17, 15) is 0 Å². The summed E-state index contributed by atoms with van der Waals surface area (Å²) in [4.78, 5) is 13.1. The predicted octanol–water partition coefficient (Wildman–Crippen LogP) is 5.09. The Morgan fingerprint density at radius 3 is 2.56 bits per heavy atom. The highest BCUT2D eigenvalue weighted by Gasteiger charge is 2.35. The summed E-state index contributed by atoms with van der Waals surface area (Å²) in [7, 11) is 3.47. The highest BCUT2D eigenvalue weighted by atomic mass is 32.1. The average molecular weight is 514 g/mol. The Morgan fingerprint density at radius 1 is 1.06 bits per heavy atom. The van der Waals surface area contributed by atoms with Gasteiger partial charge in [0.05, 0.1) is 32.1 Å². The van der Waals surface area contributed by atoms with E-state index in [1.54, 1.807) is 24.0 Å². The third-order valence-corrected chi connectivity index (χ3v) is 9.88. The maximum absolute atomic E-state index is 5.87. The number of hydrogen-bond acceptors (Lipinski definition) is 7. The van der Waals surface area contributed by atoms with Crippen molar-refractivity contribution >= 4 is 17.0 Å². The molecule has 2 fully saturated rings. The number of anilines is 1. The van der Waals surface area contributed by atoms with Crippen LogP contribution in [0.4, 0.5) is 5.69 Å². The van der Waals surface area contributed by atoms with Gasteiger partial charge in [0.1, 0.15) is 0 Å². The first-order valence-electron chi connectivity index (χ1n) is 13.7. The van der Waals surface area contributed by atoms with Gasteiger partial charge in [-0.2, -0.15) is 0 Å². The number of aryl methyl sites for hydroxylation is 2. The zero-order chi connectivity index (χ0) is 25.2. The Morgan fingerprint density at radius 2 is 1.83 bits per heavy atom. The van der Waals surface area contributed by atoms with Gasteiger partial charge in [-0.15, -0.1) is 11.3 Å². The van der Waals surface area contributed by atoms with Crippen LogP contribution in [0.15, 0.2) is 6.07 Å². The summed E-state index contributed by atoms with van der Waals surface area (Å²) in [6.07, 6.45) is 8.21. The molecule has 4 heterocycles. The molecule has 2 aromatic heterocycles. The van der Waals surface area contributed by atoms with Crippen LogP contribution in [-0.2, 0) is 28.9 Å². The van der Waals surface area contributed by atoms with Crippen LogP contribution in [0.1, 0.15) is 57.8 Å². The number of ether oxygens (including phenoxy) is 3. The third kappa shape index (κ3) is 5.45. The molecule has 0 N–H and O–H groups in total. The van der Waals surface area contributed by atoms with E-state index in [0.29, 0.717) is 12.7 Å². The van der Waals surface area contributed by atoms with Crippen molar-refractivity contribution < 1.29 is 14.2 Å². The van der Waals surface area contributed by atoms with E-state index in [4.69, 9.17) is 14.2 Å². The minimum absolute atomic E-state index is 0.413. The first kappa shape index (κ1) is 26.0.